The number of hydrogen-bond acceptors (Lipinski definition) is 4. The van der Waals surface area contributed by atoms with Crippen LogP contribution in [0.15, 0.2) is 91.4 Å². The Labute approximate surface area is 234 Å². The molecule has 3 N–H and O–H groups in total. The molecule has 0 fully saturated rings. The molecule has 9 heteroatoms. The van der Waals surface area contributed by atoms with Crippen molar-refractivity contribution in [3.63, 3.8) is 0 Å². The zero-order chi connectivity index (χ0) is 24.5. The Morgan fingerprint density at radius 1 is 0.973 bits per heavy atom. The molecule has 3 aromatic carbocycles. The van der Waals surface area contributed by atoms with Gasteiger partial charge in [0.25, 0.3) is 0 Å². The van der Waals surface area contributed by atoms with Crippen molar-refractivity contribution in [1.82, 2.24) is 14.9 Å². The van der Waals surface area contributed by atoms with Gasteiger partial charge in [0, 0.05) is 30.0 Å². The van der Waals surface area contributed by atoms with Gasteiger partial charge in [0.1, 0.15) is 0 Å². The number of carbonyl (C=O) groups excluding carboxylic acids is 1. The summed E-state index contributed by atoms with van der Waals surface area (Å²) in [6.45, 7) is 1.91. The molecule has 0 saturated carbocycles. The third kappa shape index (κ3) is 9.84. The Balaban J connectivity index is 0.00000241. The van der Waals surface area contributed by atoms with Crippen LogP contribution in [0, 0.1) is 0 Å². The molecule has 4 rings (SSSR count). The maximum Gasteiger partial charge on any atom is 0.230 e. The zero-order valence-electron chi connectivity index (χ0n) is 20.2. The van der Waals surface area contributed by atoms with Crippen LogP contribution >= 0.6 is 36.4 Å². The van der Waals surface area contributed by atoms with Crippen molar-refractivity contribution < 1.29 is 9.90 Å². The molecule has 0 aliphatic rings. The van der Waals surface area contributed by atoms with E-state index in [4.69, 9.17) is 11.6 Å². The maximum absolute atomic E-state index is 12.5. The molecule has 0 aliphatic carbocycles. The molecule has 0 spiro atoms. The minimum Gasteiger partial charge on any atom is -0.387 e. The highest BCUT2D eigenvalue weighted by molar-refractivity contribution is 6.30. The topological polar surface area (TPSA) is 79.2 Å². The van der Waals surface area contributed by atoms with Crippen LogP contribution in [-0.4, -0.2) is 33.7 Å². The third-order valence-electron chi connectivity index (χ3n) is 5.63. The molecule has 1 heterocycles. The van der Waals surface area contributed by atoms with Gasteiger partial charge in [-0.05, 0) is 53.9 Å². The van der Waals surface area contributed by atoms with Crippen molar-refractivity contribution in [2.75, 3.05) is 18.4 Å². The first-order valence-electron chi connectivity index (χ1n) is 11.6. The lowest BCUT2D eigenvalue weighted by Gasteiger charge is -2.12. The Bertz CT molecular complexity index is 1230. The van der Waals surface area contributed by atoms with Gasteiger partial charge in [0.2, 0.25) is 5.91 Å². The van der Waals surface area contributed by atoms with Gasteiger partial charge in [-0.3, -0.25) is 4.79 Å². The molecular formula is C28H31Cl3N4O2. The summed E-state index contributed by atoms with van der Waals surface area (Å²) >= 11 is 6.05. The molecule has 4 aromatic rings. The summed E-state index contributed by atoms with van der Waals surface area (Å²) in [4.78, 5) is 16.8. The second-order valence-corrected chi connectivity index (χ2v) is 8.91. The monoisotopic (exact) mass is 560 g/mol. The molecule has 1 amide bonds. The van der Waals surface area contributed by atoms with Crippen LogP contribution in [-0.2, 0) is 24.2 Å². The van der Waals surface area contributed by atoms with Gasteiger partial charge < -0.3 is 20.3 Å². The smallest absolute Gasteiger partial charge is 0.230 e. The van der Waals surface area contributed by atoms with Crippen LogP contribution in [0.3, 0.4) is 0 Å². The Morgan fingerprint density at radius 2 is 1.73 bits per heavy atom. The number of carbonyl (C=O) groups is 1. The van der Waals surface area contributed by atoms with Gasteiger partial charge in [-0.25, -0.2) is 4.98 Å². The minimum atomic E-state index is -0.517. The first-order valence-corrected chi connectivity index (χ1v) is 12.0. The van der Waals surface area contributed by atoms with Crippen LogP contribution in [0.5, 0.6) is 0 Å². The summed E-state index contributed by atoms with van der Waals surface area (Å²) in [5.41, 5.74) is 4.61. The van der Waals surface area contributed by atoms with E-state index in [2.05, 4.69) is 15.6 Å². The van der Waals surface area contributed by atoms with E-state index in [1.807, 2.05) is 89.6 Å². The lowest BCUT2D eigenvalue weighted by atomic mass is 10.1. The van der Waals surface area contributed by atoms with Gasteiger partial charge in [0.15, 0.2) is 0 Å². The maximum atomic E-state index is 12.5. The van der Waals surface area contributed by atoms with Gasteiger partial charge >= 0.3 is 0 Å². The van der Waals surface area contributed by atoms with Gasteiger partial charge in [-0.15, -0.1) is 24.8 Å². The number of anilines is 1. The average molecular weight is 562 g/mol. The number of imidazole rings is 1. The first-order chi connectivity index (χ1) is 17.0. The van der Waals surface area contributed by atoms with E-state index in [0.717, 1.165) is 35.3 Å². The second-order valence-electron chi connectivity index (χ2n) is 8.47. The highest BCUT2D eigenvalue weighted by atomic mass is 35.5. The zero-order valence-corrected chi connectivity index (χ0v) is 22.6. The summed E-state index contributed by atoms with van der Waals surface area (Å²) in [6, 6.07) is 25.1. The van der Waals surface area contributed by atoms with Crippen molar-refractivity contribution in [2.45, 2.75) is 25.5 Å². The van der Waals surface area contributed by atoms with E-state index in [0.29, 0.717) is 23.8 Å². The van der Waals surface area contributed by atoms with Gasteiger partial charge in [0.05, 0.1) is 24.5 Å². The molecule has 37 heavy (non-hydrogen) atoms. The predicted octanol–water partition coefficient (Wildman–Crippen LogP) is 5.48. The minimum absolute atomic E-state index is 0. The van der Waals surface area contributed by atoms with E-state index in [-0.39, 0.29) is 37.1 Å². The number of aliphatic hydroxyl groups excluding tert-OH is 1. The van der Waals surface area contributed by atoms with E-state index >= 15 is 0 Å². The summed E-state index contributed by atoms with van der Waals surface area (Å²) in [5.74, 6) is -0.109. The Kier molecular flexibility index (Phi) is 12.6. The molecule has 0 unspecified atom stereocenters. The number of nitrogens with zero attached hydrogens (tertiary/aromatic N) is 2. The molecule has 0 saturated heterocycles. The summed E-state index contributed by atoms with van der Waals surface area (Å²) in [7, 11) is 0. The first kappa shape index (κ1) is 30.4. The Hall–Kier alpha value is -2.87. The van der Waals surface area contributed by atoms with Crippen molar-refractivity contribution in [3.8, 4) is 0 Å². The number of amides is 1. The fourth-order valence-corrected chi connectivity index (χ4v) is 4.03. The van der Waals surface area contributed by atoms with Crippen LogP contribution in [0.25, 0.3) is 0 Å². The van der Waals surface area contributed by atoms with Crippen molar-refractivity contribution >= 4 is 48.0 Å². The largest absolute Gasteiger partial charge is 0.387 e. The number of rotatable bonds is 11. The number of halogens is 3. The fourth-order valence-electron chi connectivity index (χ4n) is 3.82. The molecular weight excluding hydrogens is 531 g/mol. The average Bonchev–Trinajstić information content (AvgIpc) is 3.29. The molecule has 196 valence electrons. The van der Waals surface area contributed by atoms with Crippen LogP contribution in [0.2, 0.25) is 5.02 Å². The van der Waals surface area contributed by atoms with Crippen LogP contribution in [0.4, 0.5) is 5.69 Å². The van der Waals surface area contributed by atoms with Crippen molar-refractivity contribution in [1.29, 1.82) is 0 Å². The van der Waals surface area contributed by atoms with Crippen LogP contribution < -0.4 is 10.6 Å². The number of hydrogen-bond donors (Lipinski definition) is 3. The summed E-state index contributed by atoms with van der Waals surface area (Å²) in [6.07, 6.45) is 4.13. The lowest BCUT2D eigenvalue weighted by molar-refractivity contribution is -0.115. The van der Waals surface area contributed by atoms with Crippen molar-refractivity contribution in [2.24, 2.45) is 0 Å². The molecule has 0 bridgehead atoms. The molecule has 1 atom stereocenters. The highest BCUT2D eigenvalue weighted by Crippen LogP contribution is 2.14. The lowest BCUT2D eigenvalue weighted by Crippen LogP contribution is -2.23. The number of benzene rings is 3. The van der Waals surface area contributed by atoms with Gasteiger partial charge in [-0.1, -0.05) is 66.2 Å². The summed E-state index contributed by atoms with van der Waals surface area (Å²) in [5, 5.41) is 17.1. The number of aromatic nitrogens is 2. The van der Waals surface area contributed by atoms with E-state index in [9.17, 15) is 9.90 Å². The SMILES string of the molecule is Cl.Cl.O=C(Cc1cn(Cc2cccc(Cl)c2)cn1)Nc1ccc(CCNC[C@H](O)c2ccccc2)cc1. The van der Waals surface area contributed by atoms with Crippen LogP contribution in [0.1, 0.15) is 28.5 Å². The molecule has 0 radical (unpaired) electrons. The molecule has 6 nitrogen and oxygen atoms in total. The highest BCUT2D eigenvalue weighted by Gasteiger charge is 2.08. The van der Waals surface area contributed by atoms with E-state index in [1.165, 1.54) is 0 Å². The third-order valence-corrected chi connectivity index (χ3v) is 5.87. The summed E-state index contributed by atoms with van der Waals surface area (Å²) < 4.78 is 1.94. The fraction of sp³-hybridized carbons (Fsp3) is 0.214. The normalized spacial score (nSPS) is 11.2. The van der Waals surface area contributed by atoms with Crippen molar-refractivity contribution in [3.05, 3.63) is 119 Å². The molecule has 1 aromatic heterocycles. The number of aliphatic hydroxyl groups is 1. The standard InChI is InChI=1S/C28H29ClN4O2.2ClH/c29-24-8-4-5-22(15-24)18-33-19-26(31-20-33)16-28(35)32-25-11-9-21(10-12-25)13-14-30-17-27(34)23-6-2-1-3-7-23;;/h1-12,15,19-20,27,30,34H,13-14,16-18H2,(H,32,35);2*1H/t27-;;/m0../s1. The quantitative estimate of drug-likeness (QED) is 0.212. The number of nitrogens with one attached hydrogen (secondary N) is 2. The van der Waals surface area contributed by atoms with Gasteiger partial charge in [-0.2, -0.15) is 0 Å². The Morgan fingerprint density at radius 3 is 2.46 bits per heavy atom. The van der Waals surface area contributed by atoms with E-state index < -0.39 is 6.10 Å². The van der Waals surface area contributed by atoms with E-state index in [1.54, 1.807) is 6.33 Å². The second kappa shape index (κ2) is 15.4. The molecule has 0 aliphatic heterocycles. The predicted molar refractivity (Wildman–Crippen MR) is 154 cm³/mol.